The molecule has 2 N–H and O–H groups in total. The molecule has 2 aliphatic heterocycles. The van der Waals surface area contributed by atoms with Crippen LogP contribution in [-0.2, 0) is 4.79 Å². The minimum atomic E-state index is -0.993. The average Bonchev–Trinajstić information content (AvgIpc) is 2.86. The fourth-order valence-corrected chi connectivity index (χ4v) is 3.44. The van der Waals surface area contributed by atoms with Crippen LogP contribution >= 0.6 is 0 Å². The summed E-state index contributed by atoms with van der Waals surface area (Å²) < 4.78 is 0. The molecule has 0 bridgehead atoms. The molecule has 7 heteroatoms. The van der Waals surface area contributed by atoms with Crippen LogP contribution in [0.15, 0.2) is 24.3 Å². The highest BCUT2D eigenvalue weighted by Gasteiger charge is 2.49. The molecule has 7 nitrogen and oxygen atoms in total. The van der Waals surface area contributed by atoms with E-state index in [4.69, 9.17) is 0 Å². The third kappa shape index (κ3) is 3.18. The van der Waals surface area contributed by atoms with Crippen LogP contribution < -0.4 is 15.5 Å². The summed E-state index contributed by atoms with van der Waals surface area (Å²) >= 11 is 0. The lowest BCUT2D eigenvalue weighted by Gasteiger charge is -2.39. The fourth-order valence-electron chi connectivity index (χ4n) is 3.44. The number of carbonyl (C=O) groups excluding carboxylic acids is 3. The highest BCUT2D eigenvalue weighted by molar-refractivity contribution is 6.07. The zero-order valence-corrected chi connectivity index (χ0v) is 14.8. The van der Waals surface area contributed by atoms with E-state index in [1.807, 2.05) is 24.3 Å². The second-order valence-corrected chi connectivity index (χ2v) is 7.10. The number of carbonyl (C=O) groups is 3. The van der Waals surface area contributed by atoms with Crippen molar-refractivity contribution in [1.29, 1.82) is 0 Å². The number of piperidine rings is 1. The SMILES string of the molecule is CC(C)c1ccc(N(C)C(=O)N2CCCC3(C2)NC(=O)NC3=O)cc1. The molecule has 2 aliphatic rings. The largest absolute Gasteiger partial charge is 0.324 e. The quantitative estimate of drug-likeness (QED) is 0.806. The van der Waals surface area contributed by atoms with Gasteiger partial charge in [-0.25, -0.2) is 9.59 Å². The second kappa shape index (κ2) is 6.38. The van der Waals surface area contributed by atoms with E-state index in [-0.39, 0.29) is 18.5 Å². The number of nitrogens with zero attached hydrogens (tertiary/aromatic N) is 2. The molecular weight excluding hydrogens is 320 g/mol. The molecule has 1 spiro atoms. The Kier molecular flexibility index (Phi) is 4.41. The Morgan fingerprint density at radius 1 is 1.24 bits per heavy atom. The number of imide groups is 1. The van der Waals surface area contributed by atoms with Crippen molar-refractivity contribution in [2.24, 2.45) is 0 Å². The topological polar surface area (TPSA) is 81.8 Å². The van der Waals surface area contributed by atoms with Gasteiger partial charge in [0.25, 0.3) is 5.91 Å². The summed E-state index contributed by atoms with van der Waals surface area (Å²) in [6, 6.07) is 7.23. The van der Waals surface area contributed by atoms with E-state index in [1.165, 1.54) is 5.56 Å². The van der Waals surface area contributed by atoms with Gasteiger partial charge >= 0.3 is 12.1 Å². The second-order valence-electron chi connectivity index (χ2n) is 7.10. The summed E-state index contributed by atoms with van der Waals surface area (Å²) in [7, 11) is 1.72. The van der Waals surface area contributed by atoms with E-state index in [2.05, 4.69) is 24.5 Å². The number of amides is 5. The van der Waals surface area contributed by atoms with Crippen molar-refractivity contribution in [3.8, 4) is 0 Å². The fraction of sp³-hybridized carbons (Fsp3) is 0.500. The van der Waals surface area contributed by atoms with Crippen LogP contribution in [0.1, 0.15) is 38.2 Å². The standard InChI is InChI=1S/C18H24N4O3/c1-12(2)13-5-7-14(8-6-13)21(3)17(25)22-10-4-9-18(11-22)15(23)19-16(24)20-18/h5-8,12H,4,9-11H2,1-3H3,(H2,19,20,23,24). The van der Waals surface area contributed by atoms with Crippen molar-refractivity contribution in [3.63, 3.8) is 0 Å². The highest BCUT2D eigenvalue weighted by atomic mass is 16.2. The number of hydrogen-bond acceptors (Lipinski definition) is 3. The van der Waals surface area contributed by atoms with Crippen LogP contribution in [0.3, 0.4) is 0 Å². The van der Waals surface area contributed by atoms with E-state index in [9.17, 15) is 14.4 Å². The lowest BCUT2D eigenvalue weighted by molar-refractivity contribution is -0.125. The van der Waals surface area contributed by atoms with Crippen LogP contribution in [0.5, 0.6) is 0 Å². The van der Waals surface area contributed by atoms with Gasteiger partial charge in [-0.3, -0.25) is 15.0 Å². The Bertz CT molecular complexity index is 701. The molecule has 0 radical (unpaired) electrons. The maximum atomic E-state index is 12.9. The predicted octanol–water partition coefficient (Wildman–Crippen LogP) is 2.04. The van der Waals surface area contributed by atoms with Crippen molar-refractivity contribution < 1.29 is 14.4 Å². The Morgan fingerprint density at radius 3 is 2.48 bits per heavy atom. The van der Waals surface area contributed by atoms with E-state index < -0.39 is 11.6 Å². The van der Waals surface area contributed by atoms with Crippen LogP contribution in [0.25, 0.3) is 0 Å². The van der Waals surface area contributed by atoms with Gasteiger partial charge in [-0.2, -0.15) is 0 Å². The number of benzene rings is 1. The molecule has 1 atom stereocenters. The minimum absolute atomic E-state index is 0.176. The van der Waals surface area contributed by atoms with Gasteiger partial charge in [0, 0.05) is 19.3 Å². The molecule has 2 fully saturated rings. The van der Waals surface area contributed by atoms with Gasteiger partial charge < -0.3 is 10.2 Å². The van der Waals surface area contributed by atoms with Gasteiger partial charge in [0.15, 0.2) is 0 Å². The molecule has 0 saturated carbocycles. The summed E-state index contributed by atoms with van der Waals surface area (Å²) in [5, 5.41) is 4.96. The van der Waals surface area contributed by atoms with Crippen LogP contribution in [-0.4, -0.2) is 48.5 Å². The molecule has 25 heavy (non-hydrogen) atoms. The number of anilines is 1. The molecule has 3 rings (SSSR count). The highest BCUT2D eigenvalue weighted by Crippen LogP contribution is 2.26. The van der Waals surface area contributed by atoms with Crippen LogP contribution in [0.4, 0.5) is 15.3 Å². The first-order valence-corrected chi connectivity index (χ1v) is 8.58. The maximum Gasteiger partial charge on any atom is 0.324 e. The van der Waals surface area contributed by atoms with Gasteiger partial charge in [-0.1, -0.05) is 26.0 Å². The molecule has 2 heterocycles. The number of urea groups is 2. The van der Waals surface area contributed by atoms with E-state index in [1.54, 1.807) is 16.8 Å². The molecule has 1 aromatic carbocycles. The predicted molar refractivity (Wildman–Crippen MR) is 94.5 cm³/mol. The zero-order chi connectivity index (χ0) is 18.2. The smallest absolute Gasteiger partial charge is 0.322 e. The van der Waals surface area contributed by atoms with Crippen molar-refractivity contribution in [2.75, 3.05) is 25.0 Å². The Labute approximate surface area is 147 Å². The first kappa shape index (κ1) is 17.3. The summed E-state index contributed by atoms with van der Waals surface area (Å²) in [4.78, 5) is 39.7. The maximum absolute atomic E-state index is 12.9. The van der Waals surface area contributed by atoms with Gasteiger partial charge in [0.2, 0.25) is 0 Å². The van der Waals surface area contributed by atoms with Crippen molar-refractivity contribution in [2.45, 2.75) is 38.1 Å². The van der Waals surface area contributed by atoms with Crippen molar-refractivity contribution in [1.82, 2.24) is 15.5 Å². The van der Waals surface area contributed by atoms with E-state index in [0.717, 1.165) is 5.69 Å². The normalized spacial score (nSPS) is 23.0. The zero-order valence-electron chi connectivity index (χ0n) is 14.8. The summed E-state index contributed by atoms with van der Waals surface area (Å²) in [6.45, 7) is 5.01. The van der Waals surface area contributed by atoms with Crippen molar-refractivity contribution >= 4 is 23.7 Å². The minimum Gasteiger partial charge on any atom is -0.322 e. The first-order valence-electron chi connectivity index (χ1n) is 8.58. The Hall–Kier alpha value is -2.57. The van der Waals surface area contributed by atoms with Gasteiger partial charge in [-0.05, 0) is 36.5 Å². The van der Waals surface area contributed by atoms with Gasteiger partial charge in [0.1, 0.15) is 5.54 Å². The monoisotopic (exact) mass is 344 g/mol. The molecule has 1 aromatic rings. The molecule has 1 unspecified atom stereocenters. The Balaban J connectivity index is 1.73. The first-order chi connectivity index (χ1) is 11.8. The lowest BCUT2D eigenvalue weighted by Crippen LogP contribution is -2.61. The molecule has 0 aliphatic carbocycles. The number of rotatable bonds is 2. The Morgan fingerprint density at radius 2 is 1.92 bits per heavy atom. The number of nitrogens with one attached hydrogen (secondary N) is 2. The third-order valence-corrected chi connectivity index (χ3v) is 5.01. The van der Waals surface area contributed by atoms with Crippen LogP contribution in [0.2, 0.25) is 0 Å². The summed E-state index contributed by atoms with van der Waals surface area (Å²) in [5.74, 6) is 0.0837. The van der Waals surface area contributed by atoms with Gasteiger partial charge in [-0.15, -0.1) is 0 Å². The van der Waals surface area contributed by atoms with Gasteiger partial charge in [0.05, 0.1) is 6.54 Å². The molecule has 134 valence electrons. The summed E-state index contributed by atoms with van der Waals surface area (Å²) in [6.07, 6.45) is 1.21. The molecular formula is C18H24N4O3. The lowest BCUT2D eigenvalue weighted by atomic mass is 9.89. The third-order valence-electron chi connectivity index (χ3n) is 5.01. The van der Waals surface area contributed by atoms with Crippen LogP contribution in [0, 0.1) is 0 Å². The van der Waals surface area contributed by atoms with E-state index in [0.29, 0.717) is 25.3 Å². The number of likely N-dealkylation sites (tertiary alicyclic amines) is 1. The van der Waals surface area contributed by atoms with Crippen molar-refractivity contribution in [3.05, 3.63) is 29.8 Å². The molecule has 0 aromatic heterocycles. The summed E-state index contributed by atoms with van der Waals surface area (Å²) in [5.41, 5.74) is 1.02. The molecule has 2 saturated heterocycles. The average molecular weight is 344 g/mol. The van der Waals surface area contributed by atoms with E-state index >= 15 is 0 Å². The number of hydrogen-bond donors (Lipinski definition) is 2. The molecule has 5 amide bonds.